The number of carbonyl (C=O) groups is 1. The number of likely N-dealkylation sites (tertiary alicyclic amines) is 2. The van der Waals surface area contributed by atoms with E-state index in [9.17, 15) is 9.90 Å². The molecule has 1 N–H and O–H groups in total. The minimum atomic E-state index is -0.323. The van der Waals surface area contributed by atoms with Crippen molar-refractivity contribution >= 4 is 17.0 Å². The number of piperidine rings is 1. The van der Waals surface area contributed by atoms with Gasteiger partial charge in [0, 0.05) is 49.2 Å². The highest BCUT2D eigenvalue weighted by Crippen LogP contribution is 2.27. The molecule has 2 aliphatic heterocycles. The molecule has 0 radical (unpaired) electrons. The highest BCUT2D eigenvalue weighted by atomic mass is 16.6. The molecule has 0 bridgehead atoms. The van der Waals surface area contributed by atoms with Gasteiger partial charge in [0.2, 0.25) is 0 Å². The molecule has 28 heavy (non-hydrogen) atoms. The maximum atomic E-state index is 11.9. The Morgan fingerprint density at radius 3 is 2.75 bits per heavy atom. The van der Waals surface area contributed by atoms with Gasteiger partial charge in [-0.15, -0.1) is 0 Å². The van der Waals surface area contributed by atoms with Crippen LogP contribution in [0.25, 0.3) is 10.9 Å². The highest BCUT2D eigenvalue weighted by molar-refractivity contribution is 5.78. The standard InChI is InChI=1S/C22H29N3O3/c1-2-28-22(27)24-11-9-19(10-12-24)25-14-17(21(26)15-25)13-18-8-7-16-5-3-4-6-20(16)23-18/h3-8,17,19,21,26H,2,9-15H2,1H3/t17-,21-/m1/s1. The number of aromatic nitrogens is 1. The lowest BCUT2D eigenvalue weighted by atomic mass is 9.99. The number of para-hydroxylation sites is 1. The number of aliphatic hydroxyl groups excluding tert-OH is 1. The molecule has 2 aromatic rings. The van der Waals surface area contributed by atoms with Crippen LogP contribution in [0.1, 0.15) is 25.5 Å². The Labute approximate surface area is 166 Å². The summed E-state index contributed by atoms with van der Waals surface area (Å²) in [5.74, 6) is 0.205. The summed E-state index contributed by atoms with van der Waals surface area (Å²) >= 11 is 0. The largest absolute Gasteiger partial charge is 0.450 e. The molecule has 2 aliphatic rings. The Kier molecular flexibility index (Phi) is 5.78. The van der Waals surface area contributed by atoms with Crippen molar-refractivity contribution in [2.45, 2.75) is 38.3 Å². The van der Waals surface area contributed by atoms with Crippen LogP contribution >= 0.6 is 0 Å². The minimum Gasteiger partial charge on any atom is -0.450 e. The lowest BCUT2D eigenvalue weighted by Crippen LogP contribution is -2.46. The molecule has 2 saturated heterocycles. The summed E-state index contributed by atoms with van der Waals surface area (Å²) in [5.41, 5.74) is 2.05. The van der Waals surface area contributed by atoms with E-state index < -0.39 is 0 Å². The SMILES string of the molecule is CCOC(=O)N1CCC(N2C[C@@H](Cc3ccc4ccccc4n3)[C@H](O)C2)CC1. The van der Waals surface area contributed by atoms with Gasteiger partial charge in [0.15, 0.2) is 0 Å². The Balaban J connectivity index is 1.34. The second kappa shape index (κ2) is 8.45. The van der Waals surface area contributed by atoms with Gasteiger partial charge in [-0.05, 0) is 38.3 Å². The number of pyridine rings is 1. The molecule has 0 saturated carbocycles. The third kappa shape index (κ3) is 4.13. The average Bonchev–Trinajstić information content (AvgIpc) is 3.08. The van der Waals surface area contributed by atoms with Crippen LogP contribution in [-0.4, -0.2) is 70.9 Å². The van der Waals surface area contributed by atoms with Gasteiger partial charge in [-0.25, -0.2) is 4.79 Å². The topological polar surface area (TPSA) is 65.9 Å². The number of ether oxygens (including phenoxy) is 1. The summed E-state index contributed by atoms with van der Waals surface area (Å²) in [5, 5.41) is 11.8. The number of nitrogens with zero attached hydrogens (tertiary/aromatic N) is 3. The molecule has 2 atom stereocenters. The van der Waals surface area contributed by atoms with E-state index in [0.29, 0.717) is 19.2 Å². The van der Waals surface area contributed by atoms with Gasteiger partial charge in [0.25, 0.3) is 0 Å². The van der Waals surface area contributed by atoms with Gasteiger partial charge in [-0.1, -0.05) is 24.3 Å². The highest BCUT2D eigenvalue weighted by Gasteiger charge is 2.37. The van der Waals surface area contributed by atoms with E-state index in [4.69, 9.17) is 9.72 Å². The van der Waals surface area contributed by atoms with Gasteiger partial charge in [0.05, 0.1) is 18.2 Å². The van der Waals surface area contributed by atoms with Crippen molar-refractivity contribution < 1.29 is 14.6 Å². The van der Waals surface area contributed by atoms with E-state index in [2.05, 4.69) is 23.1 Å². The van der Waals surface area contributed by atoms with E-state index in [-0.39, 0.29) is 18.1 Å². The maximum absolute atomic E-state index is 11.9. The number of aliphatic hydroxyl groups is 1. The molecule has 3 heterocycles. The zero-order valence-electron chi connectivity index (χ0n) is 16.5. The van der Waals surface area contributed by atoms with E-state index in [0.717, 1.165) is 55.5 Å². The summed E-state index contributed by atoms with van der Waals surface area (Å²) in [7, 11) is 0. The first-order valence-electron chi connectivity index (χ1n) is 10.3. The molecule has 0 aliphatic carbocycles. The fourth-order valence-electron chi connectivity index (χ4n) is 4.50. The Morgan fingerprint density at radius 2 is 1.96 bits per heavy atom. The Morgan fingerprint density at radius 1 is 1.18 bits per heavy atom. The van der Waals surface area contributed by atoms with Gasteiger partial charge < -0.3 is 14.7 Å². The summed E-state index contributed by atoms with van der Waals surface area (Å²) in [6.07, 6.45) is 2.14. The van der Waals surface area contributed by atoms with Crippen LogP contribution in [0, 0.1) is 5.92 Å². The number of hydrogen-bond donors (Lipinski definition) is 1. The molecular formula is C22H29N3O3. The normalized spacial score (nSPS) is 24.0. The Hall–Kier alpha value is -2.18. The van der Waals surface area contributed by atoms with Crippen LogP contribution in [-0.2, 0) is 11.2 Å². The zero-order valence-corrected chi connectivity index (χ0v) is 16.5. The molecule has 1 aromatic heterocycles. The van der Waals surface area contributed by atoms with Crippen LogP contribution < -0.4 is 0 Å². The predicted octanol–water partition coefficient (Wildman–Crippen LogP) is 2.69. The van der Waals surface area contributed by atoms with Crippen LogP contribution in [0.15, 0.2) is 36.4 Å². The third-order valence-corrected chi connectivity index (χ3v) is 6.07. The first-order valence-corrected chi connectivity index (χ1v) is 10.3. The molecule has 1 aromatic carbocycles. The zero-order chi connectivity index (χ0) is 19.5. The van der Waals surface area contributed by atoms with Crippen LogP contribution in [0.5, 0.6) is 0 Å². The lowest BCUT2D eigenvalue weighted by Gasteiger charge is -2.36. The van der Waals surface area contributed by atoms with Crippen LogP contribution in [0.4, 0.5) is 4.79 Å². The van der Waals surface area contributed by atoms with Crippen molar-refractivity contribution in [1.29, 1.82) is 0 Å². The monoisotopic (exact) mass is 383 g/mol. The van der Waals surface area contributed by atoms with Gasteiger partial charge in [0.1, 0.15) is 0 Å². The fraction of sp³-hybridized carbons (Fsp3) is 0.545. The number of carbonyl (C=O) groups excluding carboxylic acids is 1. The first-order chi connectivity index (χ1) is 13.6. The molecule has 1 amide bonds. The van der Waals surface area contributed by atoms with Crippen molar-refractivity contribution in [2.24, 2.45) is 5.92 Å². The second-order valence-corrected chi connectivity index (χ2v) is 7.90. The number of rotatable bonds is 4. The molecule has 6 nitrogen and oxygen atoms in total. The van der Waals surface area contributed by atoms with Gasteiger partial charge in [-0.3, -0.25) is 9.88 Å². The molecule has 4 rings (SSSR count). The number of fused-ring (bicyclic) bond motifs is 1. The number of β-amino-alcohol motifs (C(OH)–C–C–N with tert-alkyl or cyclic N) is 1. The van der Waals surface area contributed by atoms with E-state index in [1.165, 1.54) is 0 Å². The maximum Gasteiger partial charge on any atom is 0.409 e. The van der Waals surface area contributed by atoms with Crippen LogP contribution in [0.2, 0.25) is 0 Å². The van der Waals surface area contributed by atoms with Crippen molar-refractivity contribution in [3.05, 3.63) is 42.1 Å². The predicted molar refractivity (Wildman–Crippen MR) is 108 cm³/mol. The summed E-state index contributed by atoms with van der Waals surface area (Å²) < 4.78 is 5.10. The summed E-state index contributed by atoms with van der Waals surface area (Å²) in [6.45, 7) is 5.31. The van der Waals surface area contributed by atoms with Gasteiger partial charge in [-0.2, -0.15) is 0 Å². The van der Waals surface area contributed by atoms with Crippen molar-refractivity contribution in [1.82, 2.24) is 14.8 Å². The number of benzene rings is 1. The van der Waals surface area contributed by atoms with E-state index >= 15 is 0 Å². The van der Waals surface area contributed by atoms with Gasteiger partial charge >= 0.3 is 6.09 Å². The molecule has 150 valence electrons. The minimum absolute atomic E-state index is 0.205. The third-order valence-electron chi connectivity index (χ3n) is 6.07. The molecule has 2 fully saturated rings. The average molecular weight is 383 g/mol. The quantitative estimate of drug-likeness (QED) is 0.879. The molecular weight excluding hydrogens is 354 g/mol. The molecule has 6 heteroatoms. The lowest BCUT2D eigenvalue weighted by molar-refractivity contribution is 0.0762. The summed E-state index contributed by atoms with van der Waals surface area (Å²) in [4.78, 5) is 20.8. The molecule has 0 unspecified atom stereocenters. The van der Waals surface area contributed by atoms with Crippen molar-refractivity contribution in [2.75, 3.05) is 32.8 Å². The summed E-state index contributed by atoms with van der Waals surface area (Å²) in [6, 6.07) is 12.8. The fourth-order valence-corrected chi connectivity index (χ4v) is 4.50. The van der Waals surface area contributed by atoms with Crippen LogP contribution in [0.3, 0.4) is 0 Å². The number of amides is 1. The first kappa shape index (κ1) is 19.2. The number of hydrogen-bond acceptors (Lipinski definition) is 5. The van der Waals surface area contributed by atoms with E-state index in [1.54, 1.807) is 4.90 Å². The smallest absolute Gasteiger partial charge is 0.409 e. The van der Waals surface area contributed by atoms with Crippen molar-refractivity contribution in [3.63, 3.8) is 0 Å². The van der Waals surface area contributed by atoms with E-state index in [1.807, 2.05) is 25.1 Å². The molecule has 0 spiro atoms. The Bertz CT molecular complexity index is 820. The van der Waals surface area contributed by atoms with Crippen molar-refractivity contribution in [3.8, 4) is 0 Å². The second-order valence-electron chi connectivity index (χ2n) is 7.90.